The molecule has 1 aliphatic heterocycles. The predicted octanol–water partition coefficient (Wildman–Crippen LogP) is 2.16. The Kier molecular flexibility index (Phi) is 5.61. The molecule has 1 saturated carbocycles. The predicted molar refractivity (Wildman–Crippen MR) is 92.9 cm³/mol. The van der Waals surface area contributed by atoms with E-state index >= 15 is 0 Å². The average Bonchev–Trinajstić information content (AvgIpc) is 3.30. The minimum atomic E-state index is 0.0527. The summed E-state index contributed by atoms with van der Waals surface area (Å²) in [4.78, 5) is 16.8. The summed E-state index contributed by atoms with van der Waals surface area (Å²) in [6.07, 6.45) is 6.62. The standard InChI is InChI=1S/C16H27N5OS/c1-20(2)13-4-3-9-21(10-7-13)11-8-14(22)17-16-19-18-15(23-16)12-5-6-12/h12-13H,3-11H2,1-2H3,(H,17,19,22). The zero-order valence-corrected chi connectivity index (χ0v) is 14.9. The maximum absolute atomic E-state index is 12.1. The van der Waals surface area contributed by atoms with Crippen LogP contribution in [0.25, 0.3) is 0 Å². The van der Waals surface area contributed by atoms with Crippen molar-refractivity contribution in [3.05, 3.63) is 5.01 Å². The Morgan fingerprint density at radius 1 is 1.26 bits per heavy atom. The van der Waals surface area contributed by atoms with Gasteiger partial charge in [0.2, 0.25) is 11.0 Å². The second-order valence-electron chi connectivity index (χ2n) is 6.91. The van der Waals surface area contributed by atoms with Crippen LogP contribution in [-0.4, -0.2) is 65.7 Å². The van der Waals surface area contributed by atoms with Crippen LogP contribution in [0.1, 0.15) is 49.5 Å². The summed E-state index contributed by atoms with van der Waals surface area (Å²) in [7, 11) is 4.32. The van der Waals surface area contributed by atoms with E-state index in [1.807, 2.05) is 0 Å². The quantitative estimate of drug-likeness (QED) is 0.862. The maximum atomic E-state index is 12.1. The molecule has 2 aliphatic rings. The third-order valence-corrected chi connectivity index (χ3v) is 5.79. The Bertz CT molecular complexity index is 528. The number of likely N-dealkylation sites (tertiary alicyclic amines) is 1. The smallest absolute Gasteiger partial charge is 0.227 e. The largest absolute Gasteiger partial charge is 0.306 e. The molecule has 1 atom stereocenters. The molecule has 23 heavy (non-hydrogen) atoms. The highest BCUT2D eigenvalue weighted by Crippen LogP contribution is 2.42. The Morgan fingerprint density at radius 3 is 2.83 bits per heavy atom. The highest BCUT2D eigenvalue weighted by atomic mass is 32.1. The first-order valence-electron chi connectivity index (χ1n) is 8.64. The highest BCUT2D eigenvalue weighted by molar-refractivity contribution is 7.15. The van der Waals surface area contributed by atoms with Crippen LogP contribution in [0, 0.1) is 0 Å². The minimum absolute atomic E-state index is 0.0527. The third kappa shape index (κ3) is 4.96. The molecule has 6 nitrogen and oxygen atoms in total. The Balaban J connectivity index is 1.39. The molecule has 2 fully saturated rings. The zero-order chi connectivity index (χ0) is 16.2. The molecule has 1 N–H and O–H groups in total. The van der Waals surface area contributed by atoms with Gasteiger partial charge in [0.05, 0.1) is 0 Å². The lowest BCUT2D eigenvalue weighted by Crippen LogP contribution is -2.31. The number of carbonyl (C=O) groups excluding carboxylic acids is 1. The lowest BCUT2D eigenvalue weighted by atomic mass is 10.1. The molecule has 7 heteroatoms. The lowest BCUT2D eigenvalue weighted by Gasteiger charge is -2.23. The normalized spacial score (nSPS) is 23.0. The molecule has 2 heterocycles. The van der Waals surface area contributed by atoms with Gasteiger partial charge >= 0.3 is 0 Å². The van der Waals surface area contributed by atoms with Gasteiger partial charge in [-0.05, 0) is 59.3 Å². The van der Waals surface area contributed by atoms with E-state index in [4.69, 9.17) is 0 Å². The Labute approximate surface area is 142 Å². The van der Waals surface area contributed by atoms with Crippen LogP contribution in [0.3, 0.4) is 0 Å². The molecule has 1 aromatic rings. The van der Waals surface area contributed by atoms with Crippen molar-refractivity contribution in [3.8, 4) is 0 Å². The van der Waals surface area contributed by atoms with Crippen LogP contribution in [0.15, 0.2) is 0 Å². The van der Waals surface area contributed by atoms with Gasteiger partial charge in [0, 0.05) is 24.9 Å². The summed E-state index contributed by atoms with van der Waals surface area (Å²) >= 11 is 1.53. The number of amides is 1. The molecule has 128 valence electrons. The summed E-state index contributed by atoms with van der Waals surface area (Å²) in [6, 6.07) is 0.677. The molecule has 1 aliphatic carbocycles. The number of carbonyl (C=O) groups is 1. The van der Waals surface area contributed by atoms with Gasteiger partial charge in [0.1, 0.15) is 5.01 Å². The van der Waals surface area contributed by atoms with Gasteiger partial charge in [0.15, 0.2) is 0 Å². The second kappa shape index (κ2) is 7.68. The zero-order valence-electron chi connectivity index (χ0n) is 14.1. The molecule has 0 bridgehead atoms. The summed E-state index contributed by atoms with van der Waals surface area (Å²) in [5.41, 5.74) is 0. The van der Waals surface area contributed by atoms with Crippen LogP contribution in [0.4, 0.5) is 5.13 Å². The highest BCUT2D eigenvalue weighted by Gasteiger charge is 2.27. The lowest BCUT2D eigenvalue weighted by molar-refractivity contribution is -0.116. The van der Waals surface area contributed by atoms with Crippen molar-refractivity contribution in [2.75, 3.05) is 39.0 Å². The van der Waals surface area contributed by atoms with Crippen molar-refractivity contribution < 1.29 is 4.79 Å². The van der Waals surface area contributed by atoms with Gasteiger partial charge in [0.25, 0.3) is 0 Å². The van der Waals surface area contributed by atoms with Crippen LogP contribution < -0.4 is 5.32 Å². The number of aromatic nitrogens is 2. The monoisotopic (exact) mass is 337 g/mol. The number of hydrogen-bond acceptors (Lipinski definition) is 6. The van der Waals surface area contributed by atoms with E-state index in [0.29, 0.717) is 23.5 Å². The van der Waals surface area contributed by atoms with E-state index in [1.54, 1.807) is 0 Å². The van der Waals surface area contributed by atoms with Crippen molar-refractivity contribution in [3.63, 3.8) is 0 Å². The molecule has 1 unspecified atom stereocenters. The molecule has 0 spiro atoms. The van der Waals surface area contributed by atoms with Gasteiger partial charge in [-0.2, -0.15) is 0 Å². The summed E-state index contributed by atoms with van der Waals surface area (Å²) < 4.78 is 0. The van der Waals surface area contributed by atoms with E-state index in [0.717, 1.165) is 24.6 Å². The van der Waals surface area contributed by atoms with E-state index < -0.39 is 0 Å². The van der Waals surface area contributed by atoms with Crippen molar-refractivity contribution in [1.29, 1.82) is 0 Å². The Hall–Kier alpha value is -1.05. The molecular formula is C16H27N5OS. The summed E-state index contributed by atoms with van der Waals surface area (Å²) in [5, 5.41) is 12.9. The summed E-state index contributed by atoms with van der Waals surface area (Å²) in [5.74, 6) is 0.650. The van der Waals surface area contributed by atoms with Crippen LogP contribution in [0.5, 0.6) is 0 Å². The molecule has 1 amide bonds. The van der Waals surface area contributed by atoms with Gasteiger partial charge < -0.3 is 15.1 Å². The average molecular weight is 337 g/mol. The molecule has 1 saturated heterocycles. The number of rotatable bonds is 6. The number of nitrogens with zero attached hydrogens (tertiary/aromatic N) is 4. The summed E-state index contributed by atoms with van der Waals surface area (Å²) in [6.45, 7) is 3.02. The van der Waals surface area contributed by atoms with Crippen molar-refractivity contribution in [1.82, 2.24) is 20.0 Å². The second-order valence-corrected chi connectivity index (χ2v) is 7.92. The molecular weight excluding hydrogens is 310 g/mol. The van der Waals surface area contributed by atoms with Crippen molar-refractivity contribution in [2.24, 2.45) is 0 Å². The molecule has 1 aromatic heterocycles. The van der Waals surface area contributed by atoms with Crippen molar-refractivity contribution >= 4 is 22.4 Å². The van der Waals surface area contributed by atoms with E-state index in [2.05, 4.69) is 39.4 Å². The molecule has 0 radical (unpaired) electrons. The van der Waals surface area contributed by atoms with Gasteiger partial charge in [-0.1, -0.05) is 11.3 Å². The first kappa shape index (κ1) is 16.8. The van der Waals surface area contributed by atoms with Gasteiger partial charge in [-0.25, -0.2) is 0 Å². The fourth-order valence-electron chi connectivity index (χ4n) is 3.10. The third-order valence-electron chi connectivity index (χ3n) is 4.79. The first-order valence-corrected chi connectivity index (χ1v) is 9.45. The van der Waals surface area contributed by atoms with Gasteiger partial charge in [-0.3, -0.25) is 4.79 Å². The van der Waals surface area contributed by atoms with Crippen LogP contribution in [0.2, 0.25) is 0 Å². The van der Waals surface area contributed by atoms with E-state index in [-0.39, 0.29) is 5.91 Å². The van der Waals surface area contributed by atoms with Crippen LogP contribution >= 0.6 is 11.3 Å². The van der Waals surface area contributed by atoms with Crippen molar-refractivity contribution in [2.45, 2.75) is 50.5 Å². The van der Waals surface area contributed by atoms with E-state index in [9.17, 15) is 4.79 Å². The number of anilines is 1. The molecule has 0 aromatic carbocycles. The van der Waals surface area contributed by atoms with E-state index in [1.165, 1.54) is 43.4 Å². The topological polar surface area (TPSA) is 61.4 Å². The number of hydrogen-bond donors (Lipinski definition) is 1. The minimum Gasteiger partial charge on any atom is -0.306 e. The number of nitrogens with one attached hydrogen (secondary N) is 1. The fourth-order valence-corrected chi connectivity index (χ4v) is 4.03. The van der Waals surface area contributed by atoms with Gasteiger partial charge in [-0.15, -0.1) is 10.2 Å². The maximum Gasteiger partial charge on any atom is 0.227 e. The first-order chi connectivity index (χ1) is 11.1. The fraction of sp³-hybridized carbons (Fsp3) is 0.812. The molecule has 3 rings (SSSR count). The Morgan fingerprint density at radius 2 is 2.09 bits per heavy atom. The SMILES string of the molecule is CN(C)C1CCCN(CCC(=O)Nc2nnc(C3CC3)s2)CC1. The van der Waals surface area contributed by atoms with Crippen LogP contribution in [-0.2, 0) is 4.79 Å².